The van der Waals surface area contributed by atoms with Crippen LogP contribution in [0, 0.1) is 5.41 Å². The predicted molar refractivity (Wildman–Crippen MR) is 93.6 cm³/mol. The molecule has 1 N–H and O–H groups in total. The summed E-state index contributed by atoms with van der Waals surface area (Å²) in [5.41, 5.74) is -0.435. The molecule has 0 radical (unpaired) electrons. The number of anilines is 1. The van der Waals surface area contributed by atoms with Gasteiger partial charge in [-0.15, -0.1) is 11.3 Å². The first kappa shape index (κ1) is 18.2. The molecule has 1 atom stereocenters. The Morgan fingerprint density at radius 1 is 1.40 bits per heavy atom. The van der Waals surface area contributed by atoms with Gasteiger partial charge in [-0.25, -0.2) is 9.88 Å². The lowest BCUT2D eigenvalue weighted by Gasteiger charge is -2.11. The van der Waals surface area contributed by atoms with Gasteiger partial charge in [-0.1, -0.05) is 29.4 Å². The van der Waals surface area contributed by atoms with E-state index in [4.69, 9.17) is 17.0 Å². The summed E-state index contributed by atoms with van der Waals surface area (Å²) < 4.78 is 38.8. The number of rotatable bonds is 3. The fourth-order valence-electron chi connectivity index (χ4n) is 2.32. The van der Waals surface area contributed by atoms with Crippen molar-refractivity contribution in [1.29, 1.82) is 5.41 Å². The molecule has 0 saturated carbocycles. The monoisotopic (exact) mass is 405 g/mol. The van der Waals surface area contributed by atoms with Crippen LogP contribution in [0.4, 0.5) is 18.3 Å². The fraction of sp³-hybridized carbons (Fsp3) is 0.267. The van der Waals surface area contributed by atoms with Crippen molar-refractivity contribution in [3.63, 3.8) is 0 Å². The van der Waals surface area contributed by atoms with Crippen LogP contribution in [-0.2, 0) is 17.4 Å². The van der Waals surface area contributed by atoms with E-state index in [1.165, 1.54) is 34.6 Å². The van der Waals surface area contributed by atoms with Crippen LogP contribution in [0.1, 0.15) is 22.9 Å². The number of hydrogen-bond donors (Lipinski definition) is 1. The molecule has 25 heavy (non-hydrogen) atoms. The van der Waals surface area contributed by atoms with Gasteiger partial charge in [0.1, 0.15) is 0 Å². The molecule has 0 unspecified atom stereocenters. The van der Waals surface area contributed by atoms with Crippen molar-refractivity contribution in [2.24, 2.45) is 0 Å². The predicted octanol–water partition coefficient (Wildman–Crippen LogP) is 4.81. The van der Waals surface area contributed by atoms with Crippen LogP contribution in [-0.4, -0.2) is 21.3 Å². The quantitative estimate of drug-likeness (QED) is 0.797. The van der Waals surface area contributed by atoms with Crippen LogP contribution in [0.2, 0.25) is 5.02 Å². The first-order valence-electron chi connectivity index (χ1n) is 7.06. The number of thioether (sulfide) groups is 1. The van der Waals surface area contributed by atoms with Crippen molar-refractivity contribution in [3.05, 3.63) is 45.4 Å². The second kappa shape index (κ2) is 6.62. The van der Waals surface area contributed by atoms with E-state index in [0.29, 0.717) is 15.6 Å². The van der Waals surface area contributed by atoms with E-state index in [2.05, 4.69) is 4.98 Å². The second-order valence-electron chi connectivity index (χ2n) is 5.34. The number of halogens is 4. The highest BCUT2D eigenvalue weighted by Gasteiger charge is 2.37. The summed E-state index contributed by atoms with van der Waals surface area (Å²) >= 11 is 7.94. The molecule has 0 bridgehead atoms. The molecule has 1 aromatic heterocycles. The molecule has 1 aliphatic heterocycles. The molecule has 2 heterocycles. The zero-order chi connectivity index (χ0) is 18.4. The number of nitrogens with one attached hydrogen (secondary N) is 1. The standard InChI is InChI=1S/C15H11ClF3N3OS2/c1-7-12(23)22(13(20)24-7)14-21-6-9(25-14)4-8-2-3-11(16)10(5-8)15(17,18)19/h2-3,5-7,20H,4H2,1H3/t7-/m0/s1. The molecule has 0 aliphatic carbocycles. The minimum atomic E-state index is -4.52. The number of thiazole rings is 1. The van der Waals surface area contributed by atoms with Gasteiger partial charge in [0.05, 0.1) is 15.8 Å². The summed E-state index contributed by atoms with van der Waals surface area (Å²) in [6.45, 7) is 1.71. The SMILES string of the molecule is C[C@@H]1SC(=N)N(c2ncc(Cc3ccc(Cl)c(C(F)(F)F)c3)s2)C1=O. The molecular formula is C15H11ClF3N3OS2. The van der Waals surface area contributed by atoms with Crippen molar-refractivity contribution in [3.8, 4) is 0 Å². The van der Waals surface area contributed by atoms with Gasteiger partial charge in [-0.2, -0.15) is 13.2 Å². The van der Waals surface area contributed by atoms with Gasteiger partial charge in [-0.05, 0) is 24.6 Å². The molecule has 132 valence electrons. The third kappa shape index (κ3) is 3.68. The maximum absolute atomic E-state index is 12.9. The van der Waals surface area contributed by atoms with Crippen molar-refractivity contribution in [2.75, 3.05) is 4.90 Å². The summed E-state index contributed by atoms with van der Waals surface area (Å²) in [6.07, 6.45) is -2.78. The van der Waals surface area contributed by atoms with E-state index in [-0.39, 0.29) is 27.8 Å². The normalized spacial score (nSPS) is 18.3. The Hall–Kier alpha value is -1.58. The number of aromatic nitrogens is 1. The van der Waals surface area contributed by atoms with Crippen LogP contribution in [0.5, 0.6) is 0 Å². The number of amides is 1. The summed E-state index contributed by atoms with van der Waals surface area (Å²) in [5.74, 6) is -0.221. The zero-order valence-electron chi connectivity index (χ0n) is 12.7. The van der Waals surface area contributed by atoms with Crippen LogP contribution in [0.25, 0.3) is 0 Å². The van der Waals surface area contributed by atoms with Gasteiger partial charge in [0.2, 0.25) is 5.91 Å². The highest BCUT2D eigenvalue weighted by molar-refractivity contribution is 8.16. The van der Waals surface area contributed by atoms with Gasteiger partial charge in [0.15, 0.2) is 10.3 Å². The third-order valence-electron chi connectivity index (χ3n) is 3.51. The Labute approximate surface area is 154 Å². The van der Waals surface area contributed by atoms with Crippen LogP contribution >= 0.6 is 34.7 Å². The van der Waals surface area contributed by atoms with Gasteiger partial charge in [-0.3, -0.25) is 10.2 Å². The van der Waals surface area contributed by atoms with Crippen molar-refractivity contribution in [1.82, 2.24) is 4.98 Å². The molecule has 1 aliphatic rings. The molecule has 2 aromatic rings. The van der Waals surface area contributed by atoms with E-state index in [1.807, 2.05) is 0 Å². The largest absolute Gasteiger partial charge is 0.417 e. The number of carbonyl (C=O) groups excluding carboxylic acids is 1. The number of hydrogen-bond acceptors (Lipinski definition) is 5. The highest BCUT2D eigenvalue weighted by Crippen LogP contribution is 2.37. The Kier molecular flexibility index (Phi) is 4.82. The summed E-state index contributed by atoms with van der Waals surface area (Å²) in [7, 11) is 0. The zero-order valence-corrected chi connectivity index (χ0v) is 15.1. The molecule has 1 fully saturated rings. The van der Waals surface area contributed by atoms with Gasteiger partial charge >= 0.3 is 6.18 Å². The van der Waals surface area contributed by atoms with E-state index in [1.54, 1.807) is 6.92 Å². The Morgan fingerprint density at radius 2 is 2.12 bits per heavy atom. The highest BCUT2D eigenvalue weighted by atomic mass is 35.5. The van der Waals surface area contributed by atoms with Gasteiger partial charge in [0.25, 0.3) is 0 Å². The first-order chi connectivity index (χ1) is 11.7. The van der Waals surface area contributed by atoms with Gasteiger partial charge in [0, 0.05) is 17.5 Å². The lowest BCUT2D eigenvalue weighted by Crippen LogP contribution is -2.30. The van der Waals surface area contributed by atoms with Crippen molar-refractivity contribution < 1.29 is 18.0 Å². The summed E-state index contributed by atoms with van der Waals surface area (Å²) in [6, 6.07) is 3.76. The summed E-state index contributed by atoms with van der Waals surface area (Å²) in [5, 5.41) is 7.62. The molecule has 3 rings (SSSR count). The number of carbonyl (C=O) groups is 1. The summed E-state index contributed by atoms with van der Waals surface area (Å²) in [4.78, 5) is 18.1. The van der Waals surface area contributed by atoms with Crippen molar-refractivity contribution >= 4 is 50.9 Å². The average molecular weight is 406 g/mol. The smallest absolute Gasteiger partial charge is 0.278 e. The lowest BCUT2D eigenvalue weighted by atomic mass is 10.1. The topological polar surface area (TPSA) is 57.1 Å². The van der Waals surface area contributed by atoms with E-state index in [0.717, 1.165) is 17.8 Å². The van der Waals surface area contributed by atoms with Crippen molar-refractivity contribution in [2.45, 2.75) is 24.8 Å². The van der Waals surface area contributed by atoms with E-state index in [9.17, 15) is 18.0 Å². The number of benzene rings is 1. The Morgan fingerprint density at radius 3 is 2.72 bits per heavy atom. The van der Waals surface area contributed by atoms with Gasteiger partial charge < -0.3 is 0 Å². The Bertz CT molecular complexity index is 853. The second-order valence-corrected chi connectivity index (χ2v) is 8.17. The lowest BCUT2D eigenvalue weighted by molar-refractivity contribution is -0.137. The maximum Gasteiger partial charge on any atom is 0.417 e. The van der Waals surface area contributed by atoms with E-state index >= 15 is 0 Å². The minimum Gasteiger partial charge on any atom is -0.278 e. The molecule has 1 amide bonds. The number of nitrogens with zero attached hydrogens (tertiary/aromatic N) is 2. The van der Waals surface area contributed by atoms with Crippen LogP contribution in [0.15, 0.2) is 24.4 Å². The number of alkyl halides is 3. The minimum absolute atomic E-state index is 0.101. The molecular weight excluding hydrogens is 395 g/mol. The number of amidine groups is 1. The van der Waals surface area contributed by atoms with Crippen LogP contribution in [0.3, 0.4) is 0 Å². The molecule has 1 saturated heterocycles. The molecule has 1 aromatic carbocycles. The third-order valence-corrected chi connectivity index (χ3v) is 5.78. The molecule has 0 spiro atoms. The molecule has 4 nitrogen and oxygen atoms in total. The molecule has 10 heteroatoms. The van der Waals surface area contributed by atoms with Crippen LogP contribution < -0.4 is 4.90 Å². The maximum atomic E-state index is 12.9. The first-order valence-corrected chi connectivity index (χ1v) is 9.13. The van der Waals surface area contributed by atoms with E-state index < -0.39 is 11.7 Å². The Balaban J connectivity index is 1.83. The average Bonchev–Trinajstić information content (AvgIpc) is 3.05. The fourth-order valence-corrected chi connectivity index (χ4v) is 4.38.